The SMILES string of the molecule is CC1=Cc2c(C)ccc(C)c2C1.[LiH]. The fourth-order valence-corrected chi connectivity index (χ4v) is 1.90. The molecule has 1 heteroatoms. The van der Waals surface area contributed by atoms with Gasteiger partial charge >= 0.3 is 18.9 Å². The first-order valence-corrected chi connectivity index (χ1v) is 4.45. The number of hydrogen-bond acceptors (Lipinski definition) is 0. The number of benzene rings is 1. The summed E-state index contributed by atoms with van der Waals surface area (Å²) in [6.07, 6.45) is 3.47. The third kappa shape index (κ3) is 1.75. The second kappa shape index (κ2) is 3.74. The third-order valence-corrected chi connectivity index (χ3v) is 2.66. The molecule has 0 spiro atoms. The van der Waals surface area contributed by atoms with Crippen LogP contribution in [0.1, 0.15) is 29.2 Å². The van der Waals surface area contributed by atoms with Gasteiger partial charge in [0, 0.05) is 0 Å². The molecular formula is C12H15Li. The van der Waals surface area contributed by atoms with Gasteiger partial charge in [0.2, 0.25) is 0 Å². The maximum absolute atomic E-state index is 2.32. The van der Waals surface area contributed by atoms with Gasteiger partial charge in [-0.15, -0.1) is 0 Å². The molecule has 1 aliphatic carbocycles. The summed E-state index contributed by atoms with van der Waals surface area (Å²) in [6.45, 7) is 6.59. The van der Waals surface area contributed by atoms with E-state index in [0.29, 0.717) is 0 Å². The van der Waals surface area contributed by atoms with Crippen LogP contribution in [-0.4, -0.2) is 18.9 Å². The first-order valence-electron chi connectivity index (χ1n) is 4.45. The van der Waals surface area contributed by atoms with E-state index in [4.69, 9.17) is 0 Å². The number of hydrogen-bond donors (Lipinski definition) is 0. The number of aryl methyl sites for hydroxylation is 2. The summed E-state index contributed by atoms with van der Waals surface area (Å²) in [5.41, 5.74) is 7.33. The summed E-state index contributed by atoms with van der Waals surface area (Å²) in [5, 5.41) is 0. The number of rotatable bonds is 0. The molecule has 2 rings (SSSR count). The van der Waals surface area contributed by atoms with Gasteiger partial charge < -0.3 is 0 Å². The molecule has 13 heavy (non-hydrogen) atoms. The Hall–Kier alpha value is -0.443. The van der Waals surface area contributed by atoms with Crippen molar-refractivity contribution in [2.24, 2.45) is 0 Å². The first-order chi connectivity index (χ1) is 5.68. The molecule has 0 amide bonds. The van der Waals surface area contributed by atoms with E-state index < -0.39 is 0 Å². The van der Waals surface area contributed by atoms with Crippen molar-refractivity contribution in [3.8, 4) is 0 Å². The zero-order chi connectivity index (χ0) is 8.72. The first kappa shape index (κ1) is 10.6. The Kier molecular flexibility index (Phi) is 3.06. The Bertz CT molecular complexity index is 362. The minimum absolute atomic E-state index is 0. The van der Waals surface area contributed by atoms with Gasteiger partial charge in [-0.25, -0.2) is 0 Å². The van der Waals surface area contributed by atoms with Crippen molar-refractivity contribution in [2.45, 2.75) is 27.2 Å². The van der Waals surface area contributed by atoms with Crippen molar-refractivity contribution in [1.29, 1.82) is 0 Å². The van der Waals surface area contributed by atoms with Crippen LogP contribution < -0.4 is 0 Å². The Labute approximate surface area is 92.2 Å². The summed E-state index contributed by atoms with van der Waals surface area (Å²) in [7, 11) is 0. The fourth-order valence-electron chi connectivity index (χ4n) is 1.90. The molecule has 64 valence electrons. The Balaban J connectivity index is 0.000000845. The molecule has 1 aliphatic rings. The van der Waals surface area contributed by atoms with Crippen LogP contribution in [0.15, 0.2) is 17.7 Å². The molecule has 0 radical (unpaired) electrons. The molecule has 0 saturated heterocycles. The molecule has 0 N–H and O–H groups in total. The molecule has 1 aromatic carbocycles. The Morgan fingerprint density at radius 2 is 1.62 bits per heavy atom. The third-order valence-electron chi connectivity index (χ3n) is 2.66. The summed E-state index contributed by atoms with van der Waals surface area (Å²) in [4.78, 5) is 0. The second-order valence-corrected chi connectivity index (χ2v) is 3.76. The second-order valence-electron chi connectivity index (χ2n) is 3.76. The van der Waals surface area contributed by atoms with Crippen molar-refractivity contribution in [3.05, 3.63) is 40.0 Å². The van der Waals surface area contributed by atoms with Crippen molar-refractivity contribution in [1.82, 2.24) is 0 Å². The van der Waals surface area contributed by atoms with Crippen LogP contribution in [0, 0.1) is 13.8 Å². The molecule has 0 atom stereocenters. The van der Waals surface area contributed by atoms with Gasteiger partial charge in [-0.2, -0.15) is 0 Å². The van der Waals surface area contributed by atoms with Crippen molar-refractivity contribution >= 4 is 24.9 Å². The van der Waals surface area contributed by atoms with E-state index in [1.54, 1.807) is 0 Å². The fraction of sp³-hybridized carbons (Fsp3) is 0.333. The minimum atomic E-state index is 0. The molecule has 0 saturated carbocycles. The van der Waals surface area contributed by atoms with E-state index in [-0.39, 0.29) is 18.9 Å². The molecule has 0 heterocycles. The van der Waals surface area contributed by atoms with Crippen LogP contribution in [0.5, 0.6) is 0 Å². The molecule has 1 aromatic rings. The quantitative estimate of drug-likeness (QED) is 0.520. The normalized spacial score (nSPS) is 13.3. The molecular weight excluding hydrogens is 151 g/mol. The van der Waals surface area contributed by atoms with Gasteiger partial charge in [-0.05, 0) is 49.4 Å². The zero-order valence-electron chi connectivity index (χ0n) is 7.94. The molecule has 0 bridgehead atoms. The van der Waals surface area contributed by atoms with Gasteiger partial charge in [-0.1, -0.05) is 23.8 Å². The van der Waals surface area contributed by atoms with Crippen LogP contribution in [-0.2, 0) is 6.42 Å². The van der Waals surface area contributed by atoms with Gasteiger partial charge in [0.15, 0.2) is 0 Å². The van der Waals surface area contributed by atoms with Gasteiger partial charge in [0.05, 0.1) is 0 Å². The van der Waals surface area contributed by atoms with E-state index in [1.807, 2.05) is 0 Å². The van der Waals surface area contributed by atoms with Crippen LogP contribution in [0.2, 0.25) is 0 Å². The van der Waals surface area contributed by atoms with E-state index in [0.717, 1.165) is 6.42 Å². The maximum atomic E-state index is 2.32. The average molecular weight is 166 g/mol. The standard InChI is InChI=1S/C12H14.Li.H/c1-8-6-11-9(2)4-5-10(3)12(11)7-8;;/h4-6H,7H2,1-3H3;;. The molecule has 0 fully saturated rings. The molecule has 0 aliphatic heterocycles. The van der Waals surface area contributed by atoms with Crippen molar-refractivity contribution < 1.29 is 0 Å². The van der Waals surface area contributed by atoms with Crippen LogP contribution in [0.3, 0.4) is 0 Å². The van der Waals surface area contributed by atoms with Gasteiger partial charge in [0.1, 0.15) is 0 Å². The molecule has 0 aromatic heterocycles. The van der Waals surface area contributed by atoms with E-state index in [2.05, 4.69) is 39.0 Å². The number of fused-ring (bicyclic) bond motifs is 1. The van der Waals surface area contributed by atoms with Crippen LogP contribution >= 0.6 is 0 Å². The van der Waals surface area contributed by atoms with Gasteiger partial charge in [-0.3, -0.25) is 0 Å². The molecule has 0 unspecified atom stereocenters. The number of allylic oxidation sites excluding steroid dienone is 1. The predicted octanol–water partition coefficient (Wildman–Crippen LogP) is 2.61. The molecule has 0 nitrogen and oxygen atoms in total. The van der Waals surface area contributed by atoms with Crippen LogP contribution in [0.25, 0.3) is 6.08 Å². The van der Waals surface area contributed by atoms with Gasteiger partial charge in [0.25, 0.3) is 0 Å². The van der Waals surface area contributed by atoms with E-state index in [1.165, 1.54) is 27.8 Å². The predicted molar refractivity (Wildman–Crippen MR) is 60.4 cm³/mol. The van der Waals surface area contributed by atoms with Crippen LogP contribution in [0.4, 0.5) is 0 Å². The zero-order valence-corrected chi connectivity index (χ0v) is 7.94. The summed E-state index contributed by atoms with van der Waals surface area (Å²) < 4.78 is 0. The summed E-state index contributed by atoms with van der Waals surface area (Å²) in [6, 6.07) is 4.43. The average Bonchev–Trinajstić information content (AvgIpc) is 2.41. The summed E-state index contributed by atoms with van der Waals surface area (Å²) in [5.74, 6) is 0. The van der Waals surface area contributed by atoms with E-state index in [9.17, 15) is 0 Å². The van der Waals surface area contributed by atoms with E-state index >= 15 is 0 Å². The van der Waals surface area contributed by atoms with Crippen molar-refractivity contribution in [2.75, 3.05) is 0 Å². The topological polar surface area (TPSA) is 0 Å². The Morgan fingerprint density at radius 1 is 1.00 bits per heavy atom. The summed E-state index contributed by atoms with van der Waals surface area (Å²) >= 11 is 0. The monoisotopic (exact) mass is 166 g/mol. The van der Waals surface area contributed by atoms with Crippen molar-refractivity contribution in [3.63, 3.8) is 0 Å². The Morgan fingerprint density at radius 3 is 2.23 bits per heavy atom.